The van der Waals surface area contributed by atoms with Crippen LogP contribution < -0.4 is 10.1 Å². The lowest BCUT2D eigenvalue weighted by molar-refractivity contribution is 0.468. The van der Waals surface area contributed by atoms with E-state index in [1.165, 1.54) is 12.1 Å². The third kappa shape index (κ3) is 4.05. The highest BCUT2D eigenvalue weighted by Crippen LogP contribution is 2.31. The van der Waals surface area contributed by atoms with E-state index in [4.69, 9.17) is 4.74 Å². The van der Waals surface area contributed by atoms with E-state index in [-0.39, 0.29) is 5.82 Å². The average Bonchev–Trinajstić information content (AvgIpc) is 2.44. The van der Waals surface area contributed by atoms with Crippen LogP contribution in [0.2, 0.25) is 0 Å². The second kappa shape index (κ2) is 7.41. The molecule has 0 heterocycles. The van der Waals surface area contributed by atoms with Crippen LogP contribution in [-0.2, 0) is 6.54 Å². The molecular weight excluding hydrogens is 321 g/mol. The van der Waals surface area contributed by atoms with Gasteiger partial charge in [-0.2, -0.15) is 0 Å². The maximum absolute atomic E-state index is 13.1. The van der Waals surface area contributed by atoms with E-state index < -0.39 is 0 Å². The molecule has 2 rings (SSSR count). The fourth-order valence-corrected chi connectivity index (χ4v) is 2.26. The van der Waals surface area contributed by atoms with Crippen LogP contribution in [0.3, 0.4) is 0 Å². The van der Waals surface area contributed by atoms with E-state index >= 15 is 0 Å². The molecule has 2 aromatic carbocycles. The number of rotatable bonds is 6. The zero-order valence-corrected chi connectivity index (χ0v) is 12.9. The van der Waals surface area contributed by atoms with Crippen molar-refractivity contribution in [3.05, 3.63) is 58.3 Å². The van der Waals surface area contributed by atoms with Crippen molar-refractivity contribution < 1.29 is 9.13 Å². The smallest absolute Gasteiger partial charge is 0.141 e. The van der Waals surface area contributed by atoms with Gasteiger partial charge in [0.25, 0.3) is 0 Å². The Morgan fingerprint density at radius 3 is 2.70 bits per heavy atom. The molecular formula is C16H17BrFNO. The molecule has 0 aliphatic heterocycles. The Kier molecular flexibility index (Phi) is 5.56. The topological polar surface area (TPSA) is 21.3 Å². The Morgan fingerprint density at radius 2 is 1.95 bits per heavy atom. The number of hydrogen-bond donors (Lipinski definition) is 1. The average molecular weight is 338 g/mol. The van der Waals surface area contributed by atoms with E-state index in [9.17, 15) is 4.39 Å². The first-order chi connectivity index (χ1) is 9.70. The molecule has 0 saturated carbocycles. The fourth-order valence-electron chi connectivity index (χ4n) is 1.83. The van der Waals surface area contributed by atoms with Crippen molar-refractivity contribution in [2.45, 2.75) is 19.9 Å². The van der Waals surface area contributed by atoms with E-state index in [1.54, 1.807) is 6.07 Å². The van der Waals surface area contributed by atoms with Crippen LogP contribution in [0.1, 0.15) is 18.9 Å². The Hall–Kier alpha value is -1.39. The number of nitrogens with one attached hydrogen (secondary N) is 1. The third-order valence-electron chi connectivity index (χ3n) is 2.83. The summed E-state index contributed by atoms with van der Waals surface area (Å²) in [4.78, 5) is 0. The van der Waals surface area contributed by atoms with Crippen LogP contribution in [0.4, 0.5) is 4.39 Å². The predicted molar refractivity (Wildman–Crippen MR) is 82.6 cm³/mol. The molecule has 4 heteroatoms. The molecule has 0 saturated heterocycles. The van der Waals surface area contributed by atoms with Crippen LogP contribution >= 0.6 is 15.9 Å². The minimum absolute atomic E-state index is 0.290. The van der Waals surface area contributed by atoms with Crippen LogP contribution in [0.25, 0.3) is 0 Å². The van der Waals surface area contributed by atoms with Gasteiger partial charge in [0.05, 0.1) is 4.47 Å². The molecule has 0 unspecified atom stereocenters. The van der Waals surface area contributed by atoms with E-state index in [1.807, 2.05) is 24.3 Å². The van der Waals surface area contributed by atoms with Crippen molar-refractivity contribution in [1.29, 1.82) is 0 Å². The molecule has 0 radical (unpaired) electrons. The molecule has 0 aliphatic rings. The lowest BCUT2D eigenvalue weighted by Crippen LogP contribution is -2.14. The molecule has 20 heavy (non-hydrogen) atoms. The summed E-state index contributed by atoms with van der Waals surface area (Å²) in [5, 5.41) is 3.35. The van der Waals surface area contributed by atoms with E-state index in [0.29, 0.717) is 10.2 Å². The van der Waals surface area contributed by atoms with Crippen molar-refractivity contribution in [2.24, 2.45) is 0 Å². The maximum atomic E-state index is 13.1. The predicted octanol–water partition coefficient (Wildman–Crippen LogP) is 4.88. The number of benzene rings is 2. The van der Waals surface area contributed by atoms with Crippen LogP contribution in [-0.4, -0.2) is 6.54 Å². The molecule has 0 atom stereocenters. The van der Waals surface area contributed by atoms with Gasteiger partial charge in [-0.15, -0.1) is 0 Å². The van der Waals surface area contributed by atoms with Gasteiger partial charge in [0.2, 0.25) is 0 Å². The molecule has 2 aromatic rings. The van der Waals surface area contributed by atoms with Crippen molar-refractivity contribution in [1.82, 2.24) is 5.32 Å². The SMILES string of the molecule is CCCNCc1ccccc1Oc1ccc(F)cc1Br. The third-order valence-corrected chi connectivity index (χ3v) is 3.45. The Morgan fingerprint density at radius 1 is 1.15 bits per heavy atom. The highest BCUT2D eigenvalue weighted by molar-refractivity contribution is 9.10. The maximum Gasteiger partial charge on any atom is 0.141 e. The summed E-state index contributed by atoms with van der Waals surface area (Å²) in [5.74, 6) is 1.10. The zero-order valence-electron chi connectivity index (χ0n) is 11.3. The minimum Gasteiger partial charge on any atom is -0.456 e. The van der Waals surface area contributed by atoms with Gasteiger partial charge in [-0.1, -0.05) is 25.1 Å². The molecule has 106 valence electrons. The number of ether oxygens (including phenoxy) is 1. The molecule has 0 spiro atoms. The lowest BCUT2D eigenvalue weighted by Gasteiger charge is -2.12. The second-order valence-corrected chi connectivity index (χ2v) is 5.32. The van der Waals surface area contributed by atoms with Gasteiger partial charge in [0, 0.05) is 12.1 Å². The highest BCUT2D eigenvalue weighted by atomic mass is 79.9. The van der Waals surface area contributed by atoms with E-state index in [2.05, 4.69) is 28.2 Å². The van der Waals surface area contributed by atoms with E-state index in [0.717, 1.165) is 30.8 Å². The summed E-state index contributed by atoms with van der Waals surface area (Å²) in [6, 6.07) is 12.3. The number of halogens is 2. The van der Waals surface area contributed by atoms with Gasteiger partial charge < -0.3 is 10.1 Å². The first kappa shape index (κ1) is 15.0. The van der Waals surface area contributed by atoms with Crippen molar-refractivity contribution in [3.63, 3.8) is 0 Å². The largest absolute Gasteiger partial charge is 0.456 e. The molecule has 2 nitrogen and oxygen atoms in total. The summed E-state index contributed by atoms with van der Waals surface area (Å²) in [6.07, 6.45) is 1.09. The summed E-state index contributed by atoms with van der Waals surface area (Å²) in [6.45, 7) is 3.85. The van der Waals surface area contributed by atoms with Gasteiger partial charge in [-0.05, 0) is 53.2 Å². The fraction of sp³-hybridized carbons (Fsp3) is 0.250. The molecule has 0 amide bonds. The summed E-state index contributed by atoms with van der Waals surface area (Å²) < 4.78 is 19.6. The van der Waals surface area contributed by atoms with Crippen molar-refractivity contribution in [2.75, 3.05) is 6.54 Å². The molecule has 0 fully saturated rings. The van der Waals surface area contributed by atoms with Gasteiger partial charge in [0.15, 0.2) is 0 Å². The standard InChI is InChI=1S/C16H17BrFNO/c1-2-9-19-11-12-5-3-4-6-15(12)20-16-8-7-13(18)10-14(16)17/h3-8,10,19H,2,9,11H2,1H3. The first-order valence-electron chi connectivity index (χ1n) is 6.62. The number of hydrogen-bond acceptors (Lipinski definition) is 2. The van der Waals surface area contributed by atoms with Gasteiger partial charge in [-0.3, -0.25) is 0 Å². The minimum atomic E-state index is -0.290. The molecule has 0 aromatic heterocycles. The van der Waals surface area contributed by atoms with Crippen LogP contribution in [0, 0.1) is 5.82 Å². The second-order valence-electron chi connectivity index (χ2n) is 4.46. The molecule has 0 bridgehead atoms. The summed E-state index contributed by atoms with van der Waals surface area (Å²) in [7, 11) is 0. The summed E-state index contributed by atoms with van der Waals surface area (Å²) in [5.41, 5.74) is 1.08. The highest BCUT2D eigenvalue weighted by Gasteiger charge is 2.07. The van der Waals surface area contributed by atoms with Gasteiger partial charge in [-0.25, -0.2) is 4.39 Å². The monoisotopic (exact) mass is 337 g/mol. The molecule has 1 N–H and O–H groups in total. The van der Waals surface area contributed by atoms with Crippen LogP contribution in [0.5, 0.6) is 11.5 Å². The Bertz CT molecular complexity index is 574. The van der Waals surface area contributed by atoms with Gasteiger partial charge in [0.1, 0.15) is 17.3 Å². The van der Waals surface area contributed by atoms with Gasteiger partial charge >= 0.3 is 0 Å². The quantitative estimate of drug-likeness (QED) is 0.758. The number of para-hydroxylation sites is 1. The molecule has 0 aliphatic carbocycles. The summed E-state index contributed by atoms with van der Waals surface area (Å²) >= 11 is 3.31. The normalized spacial score (nSPS) is 10.6. The van der Waals surface area contributed by atoms with Crippen LogP contribution in [0.15, 0.2) is 46.9 Å². The van der Waals surface area contributed by atoms with Crippen molar-refractivity contribution in [3.8, 4) is 11.5 Å². The Balaban J connectivity index is 2.16. The lowest BCUT2D eigenvalue weighted by atomic mass is 10.2. The van der Waals surface area contributed by atoms with Crippen molar-refractivity contribution >= 4 is 15.9 Å². The zero-order chi connectivity index (χ0) is 14.4. The first-order valence-corrected chi connectivity index (χ1v) is 7.41. The Labute approximate surface area is 127 Å².